The van der Waals surface area contributed by atoms with Crippen LogP contribution in [0.25, 0.3) is 10.1 Å². The number of piperidine rings is 1. The normalized spacial score (nSPS) is 16.6. The summed E-state index contributed by atoms with van der Waals surface area (Å²) >= 11 is 1.74. The van der Waals surface area contributed by atoms with E-state index in [1.807, 2.05) is 6.92 Å². The van der Waals surface area contributed by atoms with E-state index in [1.54, 1.807) is 11.3 Å². The lowest BCUT2D eigenvalue weighted by atomic mass is 10.0. The highest BCUT2D eigenvalue weighted by Crippen LogP contribution is 2.42. The highest BCUT2D eigenvalue weighted by atomic mass is 32.1. The zero-order valence-electron chi connectivity index (χ0n) is 12.7. The summed E-state index contributed by atoms with van der Waals surface area (Å²) in [7, 11) is 0. The van der Waals surface area contributed by atoms with Crippen LogP contribution in [0.2, 0.25) is 0 Å². The van der Waals surface area contributed by atoms with Gasteiger partial charge in [0.2, 0.25) is 0 Å². The lowest BCUT2D eigenvalue weighted by Crippen LogP contribution is -2.39. The molecule has 0 amide bonds. The van der Waals surface area contributed by atoms with Gasteiger partial charge in [0, 0.05) is 40.5 Å². The summed E-state index contributed by atoms with van der Waals surface area (Å²) in [6, 6.07) is 4.71. The van der Waals surface area contributed by atoms with E-state index in [4.69, 9.17) is 16.2 Å². The monoisotopic (exact) mass is 305 g/mol. The van der Waals surface area contributed by atoms with E-state index in [9.17, 15) is 0 Å². The summed E-state index contributed by atoms with van der Waals surface area (Å²) in [6.45, 7) is 6.75. The zero-order chi connectivity index (χ0) is 15.0. The van der Waals surface area contributed by atoms with Crippen molar-refractivity contribution in [1.82, 2.24) is 0 Å². The molecule has 1 aromatic carbocycles. The van der Waals surface area contributed by atoms with E-state index in [2.05, 4.69) is 24.0 Å². The molecule has 1 aromatic heterocycles. The second kappa shape index (κ2) is 5.73. The molecular formula is C16H23N3OS. The number of rotatable bonds is 3. The Balaban J connectivity index is 2.04. The molecule has 114 valence electrons. The summed E-state index contributed by atoms with van der Waals surface area (Å²) in [5.41, 5.74) is 14.3. The molecule has 1 fully saturated rings. The van der Waals surface area contributed by atoms with Gasteiger partial charge in [-0.3, -0.25) is 0 Å². The van der Waals surface area contributed by atoms with Gasteiger partial charge in [0.1, 0.15) is 5.75 Å². The Morgan fingerprint density at radius 2 is 2.05 bits per heavy atom. The minimum Gasteiger partial charge on any atom is -0.493 e. The van der Waals surface area contributed by atoms with Crippen LogP contribution in [0.3, 0.4) is 0 Å². The fourth-order valence-corrected chi connectivity index (χ4v) is 3.96. The number of anilines is 2. The molecule has 0 unspecified atom stereocenters. The van der Waals surface area contributed by atoms with Crippen LogP contribution in [-0.4, -0.2) is 25.7 Å². The highest BCUT2D eigenvalue weighted by molar-refractivity contribution is 7.19. The van der Waals surface area contributed by atoms with Crippen LogP contribution in [0.1, 0.15) is 24.6 Å². The molecule has 0 bridgehead atoms. The van der Waals surface area contributed by atoms with Crippen molar-refractivity contribution in [3.8, 4) is 5.75 Å². The first-order valence-corrected chi connectivity index (χ1v) is 8.37. The Labute approximate surface area is 129 Å². The number of ether oxygens (including phenoxy) is 1. The predicted molar refractivity (Wildman–Crippen MR) is 91.6 cm³/mol. The first-order chi connectivity index (χ1) is 10.1. The standard InChI is InChI=1S/C16H23N3OS/c1-3-20-13-8-12(19-6-4-11(17)5-7-19)9-14-15(13)16(18)10(2)21-14/h8-9,11H,3-7,17-18H2,1-2H3. The van der Waals surface area contributed by atoms with Gasteiger partial charge in [-0.2, -0.15) is 0 Å². The van der Waals surface area contributed by atoms with Crippen LogP contribution in [0.5, 0.6) is 5.75 Å². The molecule has 4 N–H and O–H groups in total. The Bertz CT molecular complexity index is 644. The third-order valence-corrected chi connectivity index (χ3v) is 5.24. The maximum absolute atomic E-state index is 6.22. The molecule has 0 radical (unpaired) electrons. The molecule has 4 nitrogen and oxygen atoms in total. The summed E-state index contributed by atoms with van der Waals surface area (Å²) in [4.78, 5) is 3.56. The first kappa shape index (κ1) is 14.5. The topological polar surface area (TPSA) is 64.5 Å². The predicted octanol–water partition coefficient (Wildman–Crippen LogP) is 3.12. The summed E-state index contributed by atoms with van der Waals surface area (Å²) < 4.78 is 7.05. The van der Waals surface area contributed by atoms with E-state index in [-0.39, 0.29) is 0 Å². The SMILES string of the molecule is CCOc1cc(N2CCC(N)CC2)cc2sc(C)c(N)c12. The van der Waals surface area contributed by atoms with Crippen molar-refractivity contribution in [2.75, 3.05) is 30.3 Å². The van der Waals surface area contributed by atoms with Crippen LogP contribution in [0.4, 0.5) is 11.4 Å². The summed E-state index contributed by atoms with van der Waals surface area (Å²) in [5.74, 6) is 0.904. The quantitative estimate of drug-likeness (QED) is 0.914. The molecule has 1 aliphatic heterocycles. The Hall–Kier alpha value is -1.46. The fraction of sp³-hybridized carbons (Fsp3) is 0.500. The molecule has 0 spiro atoms. The largest absolute Gasteiger partial charge is 0.493 e. The first-order valence-electron chi connectivity index (χ1n) is 7.56. The van der Waals surface area contributed by atoms with Gasteiger partial charge in [0.05, 0.1) is 17.7 Å². The average molecular weight is 305 g/mol. The maximum Gasteiger partial charge on any atom is 0.132 e. The van der Waals surface area contributed by atoms with Crippen molar-refractivity contribution in [1.29, 1.82) is 0 Å². The maximum atomic E-state index is 6.22. The number of aryl methyl sites for hydroxylation is 1. The number of nitrogen functional groups attached to an aromatic ring is 1. The Kier molecular flexibility index (Phi) is 3.95. The van der Waals surface area contributed by atoms with E-state index >= 15 is 0 Å². The molecule has 2 aromatic rings. The van der Waals surface area contributed by atoms with Gasteiger partial charge >= 0.3 is 0 Å². The van der Waals surface area contributed by atoms with E-state index in [0.29, 0.717) is 12.6 Å². The molecule has 0 atom stereocenters. The van der Waals surface area contributed by atoms with Crippen LogP contribution in [-0.2, 0) is 0 Å². The van der Waals surface area contributed by atoms with E-state index in [1.165, 1.54) is 10.4 Å². The van der Waals surface area contributed by atoms with Gasteiger partial charge in [-0.25, -0.2) is 0 Å². The van der Waals surface area contributed by atoms with Gasteiger partial charge in [-0.1, -0.05) is 0 Å². The van der Waals surface area contributed by atoms with Crippen molar-refractivity contribution in [3.05, 3.63) is 17.0 Å². The van der Waals surface area contributed by atoms with Crippen LogP contribution >= 0.6 is 11.3 Å². The Morgan fingerprint density at radius 1 is 1.33 bits per heavy atom. The van der Waals surface area contributed by atoms with Crippen molar-refractivity contribution in [2.45, 2.75) is 32.7 Å². The fourth-order valence-electron chi connectivity index (χ4n) is 2.93. The molecular weight excluding hydrogens is 282 g/mol. The molecule has 0 aliphatic carbocycles. The molecule has 0 saturated carbocycles. The number of nitrogens with two attached hydrogens (primary N) is 2. The van der Waals surface area contributed by atoms with E-state index in [0.717, 1.165) is 47.6 Å². The van der Waals surface area contributed by atoms with Crippen LogP contribution < -0.4 is 21.1 Å². The van der Waals surface area contributed by atoms with E-state index < -0.39 is 0 Å². The average Bonchev–Trinajstić information content (AvgIpc) is 2.75. The number of nitrogens with zero attached hydrogens (tertiary/aromatic N) is 1. The third kappa shape index (κ3) is 2.68. The molecule has 1 saturated heterocycles. The van der Waals surface area contributed by atoms with Crippen LogP contribution in [0.15, 0.2) is 12.1 Å². The molecule has 21 heavy (non-hydrogen) atoms. The van der Waals surface area contributed by atoms with Crippen molar-refractivity contribution in [3.63, 3.8) is 0 Å². The second-order valence-corrected chi connectivity index (χ2v) is 6.90. The molecule has 5 heteroatoms. The van der Waals surface area contributed by atoms with Crippen LogP contribution in [0, 0.1) is 6.92 Å². The number of thiophene rings is 1. The molecule has 1 aliphatic rings. The minimum atomic E-state index is 0.343. The zero-order valence-corrected chi connectivity index (χ0v) is 13.5. The van der Waals surface area contributed by atoms with Gasteiger partial charge in [-0.05, 0) is 32.8 Å². The second-order valence-electron chi connectivity index (χ2n) is 5.65. The molecule has 3 rings (SSSR count). The number of fused-ring (bicyclic) bond motifs is 1. The lowest BCUT2D eigenvalue weighted by molar-refractivity contribution is 0.344. The smallest absolute Gasteiger partial charge is 0.132 e. The highest BCUT2D eigenvalue weighted by Gasteiger charge is 2.19. The molecule has 2 heterocycles. The number of hydrogen-bond donors (Lipinski definition) is 2. The van der Waals surface area contributed by atoms with Gasteiger partial charge in [0.15, 0.2) is 0 Å². The minimum absolute atomic E-state index is 0.343. The van der Waals surface area contributed by atoms with Crippen molar-refractivity contribution >= 4 is 32.8 Å². The number of benzene rings is 1. The third-order valence-electron chi connectivity index (χ3n) is 4.17. The van der Waals surface area contributed by atoms with Gasteiger partial charge < -0.3 is 21.1 Å². The summed E-state index contributed by atoms with van der Waals surface area (Å²) in [6.07, 6.45) is 2.10. The van der Waals surface area contributed by atoms with Crippen molar-refractivity contribution < 1.29 is 4.74 Å². The number of hydrogen-bond acceptors (Lipinski definition) is 5. The summed E-state index contributed by atoms with van der Waals surface area (Å²) in [5, 5.41) is 1.07. The lowest BCUT2D eigenvalue weighted by Gasteiger charge is -2.32. The van der Waals surface area contributed by atoms with Crippen molar-refractivity contribution in [2.24, 2.45) is 5.73 Å². The van der Waals surface area contributed by atoms with Gasteiger partial charge in [-0.15, -0.1) is 11.3 Å². The van der Waals surface area contributed by atoms with Gasteiger partial charge in [0.25, 0.3) is 0 Å². The Morgan fingerprint density at radius 3 is 2.71 bits per heavy atom.